The number of nitrogens with two attached hydrogens (primary N) is 1. The number of nitrogen functional groups attached to an aromatic ring is 1. The van der Waals surface area contributed by atoms with Gasteiger partial charge >= 0.3 is 0 Å². The van der Waals surface area contributed by atoms with E-state index in [2.05, 4.69) is 18.5 Å². The number of carbonyl (C=O) groups excluding carboxylic acids is 1. The summed E-state index contributed by atoms with van der Waals surface area (Å²) in [5.41, 5.74) is 6.59. The van der Waals surface area contributed by atoms with Crippen LogP contribution in [0.1, 0.15) is 23.7 Å². The molecule has 0 heterocycles. The van der Waals surface area contributed by atoms with E-state index in [1.54, 1.807) is 30.0 Å². The van der Waals surface area contributed by atoms with Gasteiger partial charge in [-0.3, -0.25) is 4.79 Å². The van der Waals surface area contributed by atoms with Crippen molar-refractivity contribution >= 4 is 35.0 Å². The highest BCUT2D eigenvalue weighted by Gasteiger charge is 2.10. The maximum Gasteiger partial charge on any atom is 0.252 e. The molecule has 1 amide bonds. The van der Waals surface area contributed by atoms with E-state index in [0.717, 1.165) is 6.42 Å². The molecule has 1 aromatic carbocycles. The van der Waals surface area contributed by atoms with E-state index in [-0.39, 0.29) is 5.91 Å². The van der Waals surface area contributed by atoms with Crippen molar-refractivity contribution < 1.29 is 4.79 Å². The summed E-state index contributed by atoms with van der Waals surface area (Å²) in [6.07, 6.45) is 3.00. The van der Waals surface area contributed by atoms with Gasteiger partial charge in [0.2, 0.25) is 0 Å². The van der Waals surface area contributed by atoms with Crippen molar-refractivity contribution in [2.75, 3.05) is 18.5 Å². The van der Waals surface area contributed by atoms with Crippen molar-refractivity contribution in [1.82, 2.24) is 5.32 Å². The van der Waals surface area contributed by atoms with Crippen molar-refractivity contribution in [2.24, 2.45) is 0 Å². The second-order valence-electron chi connectivity index (χ2n) is 3.83. The van der Waals surface area contributed by atoms with E-state index in [1.807, 2.05) is 0 Å². The molecule has 1 aromatic rings. The minimum absolute atomic E-state index is 0.150. The first-order valence-corrected chi connectivity index (χ1v) is 7.07. The molecule has 1 unspecified atom stereocenters. The number of amides is 1. The lowest BCUT2D eigenvalue weighted by Crippen LogP contribution is -2.26. The van der Waals surface area contributed by atoms with Gasteiger partial charge < -0.3 is 11.1 Å². The van der Waals surface area contributed by atoms with Crippen LogP contribution in [0.2, 0.25) is 5.02 Å². The smallest absolute Gasteiger partial charge is 0.252 e. The number of carbonyl (C=O) groups is 1. The molecule has 0 bridgehead atoms. The Hall–Kier alpha value is -0.870. The number of nitrogens with one attached hydrogen (secondary N) is 1. The summed E-state index contributed by atoms with van der Waals surface area (Å²) in [6.45, 7) is 2.79. The summed E-state index contributed by atoms with van der Waals surface area (Å²) in [6, 6.07) is 4.90. The molecule has 0 spiro atoms. The van der Waals surface area contributed by atoms with Crippen LogP contribution in [-0.4, -0.2) is 24.0 Å². The fourth-order valence-electron chi connectivity index (χ4n) is 1.32. The van der Waals surface area contributed by atoms with Crippen LogP contribution in [0.25, 0.3) is 0 Å². The monoisotopic (exact) mass is 272 g/mol. The average molecular weight is 273 g/mol. The first-order chi connectivity index (χ1) is 8.04. The number of halogens is 1. The third-order valence-electron chi connectivity index (χ3n) is 2.48. The molecule has 0 aliphatic carbocycles. The number of benzene rings is 1. The maximum absolute atomic E-state index is 11.8. The predicted octanol–water partition coefficient (Wildman–Crippen LogP) is 2.79. The van der Waals surface area contributed by atoms with Gasteiger partial charge in [-0.1, -0.05) is 18.5 Å². The van der Waals surface area contributed by atoms with Gasteiger partial charge in [0.1, 0.15) is 0 Å². The van der Waals surface area contributed by atoms with Gasteiger partial charge in [-0.15, -0.1) is 0 Å². The second-order valence-corrected chi connectivity index (χ2v) is 5.51. The van der Waals surface area contributed by atoms with Crippen LogP contribution in [-0.2, 0) is 0 Å². The third kappa shape index (κ3) is 4.48. The number of anilines is 1. The average Bonchev–Trinajstić information content (AvgIpc) is 2.28. The fourth-order valence-corrected chi connectivity index (χ4v) is 1.95. The van der Waals surface area contributed by atoms with Crippen LogP contribution in [0.15, 0.2) is 18.2 Å². The van der Waals surface area contributed by atoms with Gasteiger partial charge in [-0.25, -0.2) is 0 Å². The topological polar surface area (TPSA) is 55.1 Å². The first kappa shape index (κ1) is 14.2. The van der Waals surface area contributed by atoms with Crippen molar-refractivity contribution in [3.05, 3.63) is 28.8 Å². The summed E-state index contributed by atoms with van der Waals surface area (Å²) < 4.78 is 0. The zero-order chi connectivity index (χ0) is 12.8. The summed E-state index contributed by atoms with van der Waals surface area (Å²) >= 11 is 7.73. The minimum Gasteiger partial charge on any atom is -0.399 e. The van der Waals surface area contributed by atoms with Gasteiger partial charge in [-0.2, -0.15) is 11.8 Å². The molecule has 5 heteroatoms. The molecule has 94 valence electrons. The van der Waals surface area contributed by atoms with E-state index >= 15 is 0 Å². The van der Waals surface area contributed by atoms with Crippen molar-refractivity contribution in [3.63, 3.8) is 0 Å². The Morgan fingerprint density at radius 1 is 1.59 bits per heavy atom. The Morgan fingerprint density at radius 3 is 2.88 bits per heavy atom. The van der Waals surface area contributed by atoms with E-state index in [1.165, 1.54) is 0 Å². The highest BCUT2D eigenvalue weighted by Crippen LogP contribution is 2.19. The minimum atomic E-state index is -0.150. The summed E-state index contributed by atoms with van der Waals surface area (Å²) in [5, 5.41) is 3.78. The lowest BCUT2D eigenvalue weighted by molar-refractivity contribution is 0.0953. The molecule has 0 radical (unpaired) electrons. The van der Waals surface area contributed by atoms with Crippen molar-refractivity contribution in [1.29, 1.82) is 0 Å². The second kappa shape index (κ2) is 6.77. The number of hydrogen-bond donors (Lipinski definition) is 2. The van der Waals surface area contributed by atoms with Crippen LogP contribution in [0.4, 0.5) is 5.69 Å². The first-order valence-electron chi connectivity index (χ1n) is 5.40. The van der Waals surface area contributed by atoms with Gasteiger partial charge in [0.05, 0.1) is 10.6 Å². The predicted molar refractivity (Wildman–Crippen MR) is 75.8 cm³/mol. The molecule has 0 aliphatic rings. The normalized spacial score (nSPS) is 12.2. The Labute approximate surface area is 111 Å². The van der Waals surface area contributed by atoms with Gasteiger partial charge in [-0.05, 0) is 30.9 Å². The molecule has 3 N–H and O–H groups in total. The van der Waals surface area contributed by atoms with Gasteiger partial charge in [0.25, 0.3) is 5.91 Å². The van der Waals surface area contributed by atoms with Gasteiger partial charge in [0.15, 0.2) is 0 Å². The van der Waals surface area contributed by atoms with Crippen molar-refractivity contribution in [2.45, 2.75) is 18.6 Å². The highest BCUT2D eigenvalue weighted by atomic mass is 35.5. The van der Waals surface area contributed by atoms with Gasteiger partial charge in [0, 0.05) is 17.5 Å². The Kier molecular flexibility index (Phi) is 5.65. The maximum atomic E-state index is 11.8. The van der Waals surface area contributed by atoms with Crippen LogP contribution in [0, 0.1) is 0 Å². The zero-order valence-corrected chi connectivity index (χ0v) is 11.6. The standard InChI is InChI=1S/C12H17ClN2OS/c1-8(17-2)5-6-15-12(16)10-4-3-9(14)7-11(10)13/h3-4,7-8H,5-6,14H2,1-2H3,(H,15,16). The Morgan fingerprint density at radius 2 is 2.29 bits per heavy atom. The number of rotatable bonds is 5. The number of thioether (sulfide) groups is 1. The molecule has 1 atom stereocenters. The third-order valence-corrected chi connectivity index (χ3v) is 3.83. The van der Waals surface area contributed by atoms with E-state index in [9.17, 15) is 4.79 Å². The van der Waals surface area contributed by atoms with Crippen molar-refractivity contribution in [3.8, 4) is 0 Å². The van der Waals surface area contributed by atoms with E-state index in [0.29, 0.717) is 28.1 Å². The summed E-state index contributed by atoms with van der Waals surface area (Å²) in [7, 11) is 0. The molecule has 0 aliphatic heterocycles. The van der Waals surface area contributed by atoms with E-state index < -0.39 is 0 Å². The van der Waals surface area contributed by atoms with Crippen LogP contribution in [0.5, 0.6) is 0 Å². The Balaban J connectivity index is 2.52. The molecule has 0 aromatic heterocycles. The van der Waals surface area contributed by atoms with Crippen LogP contribution >= 0.6 is 23.4 Å². The molecule has 1 rings (SSSR count). The zero-order valence-electron chi connectivity index (χ0n) is 10.00. The quantitative estimate of drug-likeness (QED) is 0.811. The molecular formula is C12H17ClN2OS. The lowest BCUT2D eigenvalue weighted by atomic mass is 10.2. The number of hydrogen-bond acceptors (Lipinski definition) is 3. The SMILES string of the molecule is CSC(C)CCNC(=O)c1ccc(N)cc1Cl. The lowest BCUT2D eigenvalue weighted by Gasteiger charge is -2.10. The molecule has 0 fully saturated rings. The molecule has 3 nitrogen and oxygen atoms in total. The molecular weight excluding hydrogens is 256 g/mol. The summed E-state index contributed by atoms with van der Waals surface area (Å²) in [4.78, 5) is 11.8. The fraction of sp³-hybridized carbons (Fsp3) is 0.417. The highest BCUT2D eigenvalue weighted by molar-refractivity contribution is 7.99. The largest absolute Gasteiger partial charge is 0.399 e. The van der Waals surface area contributed by atoms with E-state index in [4.69, 9.17) is 17.3 Å². The Bertz CT molecular complexity index is 398. The van der Waals surface area contributed by atoms with Crippen LogP contribution < -0.4 is 11.1 Å². The molecule has 0 saturated heterocycles. The summed E-state index contributed by atoms with van der Waals surface area (Å²) in [5.74, 6) is -0.150. The molecule has 0 saturated carbocycles. The van der Waals surface area contributed by atoms with Crippen LogP contribution in [0.3, 0.4) is 0 Å². The molecule has 17 heavy (non-hydrogen) atoms.